The molecule has 0 radical (unpaired) electrons. The third-order valence-corrected chi connectivity index (χ3v) is 6.84. The van der Waals surface area contributed by atoms with Crippen molar-refractivity contribution in [3.8, 4) is 0 Å². The largest absolute Gasteiger partial charge is 0.393 e. The van der Waals surface area contributed by atoms with Gasteiger partial charge in [-0.15, -0.1) is 0 Å². The highest BCUT2D eigenvalue weighted by molar-refractivity contribution is 5.75. The Morgan fingerprint density at radius 3 is 2.66 bits per heavy atom. The van der Waals surface area contributed by atoms with E-state index in [-0.39, 0.29) is 29.9 Å². The lowest BCUT2D eigenvalue weighted by atomic mass is 9.74. The monoisotopic (exact) mass is 439 g/mol. The molecule has 2 N–H and O–H groups in total. The van der Waals surface area contributed by atoms with Gasteiger partial charge >= 0.3 is 5.69 Å². The zero-order valence-electron chi connectivity index (χ0n) is 19.8. The van der Waals surface area contributed by atoms with E-state index in [1.54, 1.807) is 6.92 Å². The summed E-state index contributed by atoms with van der Waals surface area (Å²) < 4.78 is 1.42. The Hall–Kier alpha value is -2.47. The van der Waals surface area contributed by atoms with E-state index < -0.39 is 5.69 Å². The highest BCUT2D eigenvalue weighted by atomic mass is 16.3. The van der Waals surface area contributed by atoms with Gasteiger partial charge in [-0.05, 0) is 68.4 Å². The summed E-state index contributed by atoms with van der Waals surface area (Å²) in [5.74, 6) is 0.505. The predicted molar refractivity (Wildman–Crippen MR) is 127 cm³/mol. The van der Waals surface area contributed by atoms with Crippen LogP contribution in [0, 0.1) is 25.2 Å². The molecule has 0 spiro atoms. The van der Waals surface area contributed by atoms with Crippen LogP contribution in [0.15, 0.2) is 41.2 Å². The Bertz CT molecular complexity index is 972. The summed E-state index contributed by atoms with van der Waals surface area (Å²) in [6, 6.07) is 12.2. The number of benzene rings is 1. The molecule has 1 heterocycles. The number of carbonyl (C=O) groups is 1. The fourth-order valence-corrected chi connectivity index (χ4v) is 5.00. The highest BCUT2D eigenvalue weighted by Gasteiger charge is 2.33. The third kappa shape index (κ3) is 6.52. The second-order valence-corrected chi connectivity index (χ2v) is 10.1. The Morgan fingerprint density at radius 2 is 1.97 bits per heavy atom. The maximum absolute atomic E-state index is 12.7. The zero-order chi connectivity index (χ0) is 23.3. The molecule has 6 nitrogen and oxygen atoms in total. The van der Waals surface area contributed by atoms with E-state index in [0.29, 0.717) is 18.2 Å². The van der Waals surface area contributed by atoms with Gasteiger partial charge in [0.15, 0.2) is 0 Å². The standard InChI is InChI=1S/C26H37N3O3/c1-18-10-11-26(4,15-22(14-23(30)12-18)21-8-6-5-7-9-21)17-27-24(31)16-29-20(3)13-19(2)28-25(29)32/h5-9,13,18,22-23,30H,10-12,14-17H2,1-4H3,(H,27,31)/t18-,22-,23+,26+/m1/s1. The number of hydrogen-bond donors (Lipinski definition) is 2. The van der Waals surface area contributed by atoms with Crippen LogP contribution in [0.5, 0.6) is 0 Å². The number of nitrogens with one attached hydrogen (secondary N) is 1. The molecule has 174 valence electrons. The minimum absolute atomic E-state index is 0.0226. The summed E-state index contributed by atoms with van der Waals surface area (Å²) in [4.78, 5) is 28.9. The van der Waals surface area contributed by atoms with Crippen molar-refractivity contribution in [3.05, 3.63) is 63.8 Å². The van der Waals surface area contributed by atoms with Gasteiger partial charge in [0.05, 0.1) is 6.10 Å². The summed E-state index contributed by atoms with van der Waals surface area (Å²) in [6.07, 6.45) is 4.14. The smallest absolute Gasteiger partial charge is 0.348 e. The fourth-order valence-electron chi connectivity index (χ4n) is 5.00. The maximum atomic E-state index is 12.7. The van der Waals surface area contributed by atoms with Crippen LogP contribution in [0.3, 0.4) is 0 Å². The first kappa shape index (κ1) is 24.2. The van der Waals surface area contributed by atoms with Crippen LogP contribution in [0.1, 0.15) is 68.8 Å². The van der Waals surface area contributed by atoms with Crippen LogP contribution >= 0.6 is 0 Å². The minimum Gasteiger partial charge on any atom is -0.393 e. The molecule has 1 amide bonds. The van der Waals surface area contributed by atoms with Crippen LogP contribution < -0.4 is 11.0 Å². The lowest BCUT2D eigenvalue weighted by molar-refractivity contribution is -0.122. The first-order chi connectivity index (χ1) is 15.1. The summed E-state index contributed by atoms with van der Waals surface area (Å²) in [6.45, 7) is 8.55. The number of hydrogen-bond acceptors (Lipinski definition) is 4. The molecule has 2 aromatic rings. The fraction of sp³-hybridized carbons (Fsp3) is 0.577. The van der Waals surface area contributed by atoms with Gasteiger partial charge in [0, 0.05) is 17.9 Å². The number of aromatic nitrogens is 2. The lowest BCUT2D eigenvalue weighted by Gasteiger charge is -2.34. The van der Waals surface area contributed by atoms with Gasteiger partial charge in [-0.25, -0.2) is 4.79 Å². The van der Waals surface area contributed by atoms with E-state index in [4.69, 9.17) is 0 Å². The SMILES string of the molecule is Cc1cc(C)n(CC(=O)NC[C@@]2(C)CC[C@@H](C)C[C@H](O)C[C@@H](c3ccccc3)C2)c(=O)n1. The topological polar surface area (TPSA) is 84.2 Å². The molecular weight excluding hydrogens is 402 g/mol. The number of aliphatic hydroxyl groups excluding tert-OH is 1. The zero-order valence-corrected chi connectivity index (χ0v) is 19.8. The van der Waals surface area contributed by atoms with Gasteiger partial charge in [-0.3, -0.25) is 9.36 Å². The third-order valence-electron chi connectivity index (χ3n) is 6.84. The van der Waals surface area contributed by atoms with Crippen molar-refractivity contribution in [1.82, 2.24) is 14.9 Å². The van der Waals surface area contributed by atoms with E-state index >= 15 is 0 Å². The van der Waals surface area contributed by atoms with Crippen LogP contribution in [0.4, 0.5) is 0 Å². The molecule has 1 saturated carbocycles. The summed E-state index contributed by atoms with van der Waals surface area (Å²) in [7, 11) is 0. The van der Waals surface area contributed by atoms with Crippen LogP contribution in [-0.4, -0.2) is 33.2 Å². The molecule has 32 heavy (non-hydrogen) atoms. The second kappa shape index (κ2) is 10.4. The number of rotatable bonds is 5. The Kier molecular flexibility index (Phi) is 7.88. The maximum Gasteiger partial charge on any atom is 0.348 e. The number of aliphatic hydroxyl groups is 1. The Balaban J connectivity index is 1.73. The van der Waals surface area contributed by atoms with Crippen molar-refractivity contribution >= 4 is 5.91 Å². The lowest BCUT2D eigenvalue weighted by Crippen LogP contribution is -2.40. The van der Waals surface area contributed by atoms with E-state index in [1.807, 2.05) is 31.2 Å². The summed E-state index contributed by atoms with van der Waals surface area (Å²) in [5, 5.41) is 13.7. The average Bonchev–Trinajstić information content (AvgIpc) is 2.78. The molecule has 0 bridgehead atoms. The van der Waals surface area contributed by atoms with Gasteiger partial charge in [0.1, 0.15) is 6.54 Å². The molecule has 1 aromatic heterocycles. The van der Waals surface area contributed by atoms with Crippen LogP contribution in [0.2, 0.25) is 0 Å². The molecule has 1 fully saturated rings. The summed E-state index contributed by atoms with van der Waals surface area (Å²) in [5.41, 5.74) is 2.15. The van der Waals surface area contributed by atoms with Crippen molar-refractivity contribution in [3.63, 3.8) is 0 Å². The molecule has 3 rings (SSSR count). The molecular formula is C26H37N3O3. The van der Waals surface area contributed by atoms with Crippen molar-refractivity contribution in [2.45, 2.75) is 78.4 Å². The number of carbonyl (C=O) groups excluding carboxylic acids is 1. The van der Waals surface area contributed by atoms with Crippen molar-refractivity contribution < 1.29 is 9.90 Å². The number of nitrogens with zero attached hydrogens (tertiary/aromatic N) is 2. The molecule has 1 aliphatic carbocycles. The van der Waals surface area contributed by atoms with Gasteiger partial charge in [-0.2, -0.15) is 4.98 Å². The first-order valence-electron chi connectivity index (χ1n) is 11.7. The second-order valence-electron chi connectivity index (χ2n) is 10.1. The number of amides is 1. The predicted octanol–water partition coefficient (Wildman–Crippen LogP) is 3.73. The van der Waals surface area contributed by atoms with Crippen molar-refractivity contribution in [2.24, 2.45) is 11.3 Å². The van der Waals surface area contributed by atoms with Crippen LogP contribution in [0.25, 0.3) is 0 Å². The van der Waals surface area contributed by atoms with Gasteiger partial charge in [0.2, 0.25) is 5.91 Å². The average molecular weight is 440 g/mol. The molecule has 4 atom stereocenters. The molecule has 1 aromatic carbocycles. The van der Waals surface area contributed by atoms with E-state index in [1.165, 1.54) is 10.1 Å². The van der Waals surface area contributed by atoms with Crippen molar-refractivity contribution in [2.75, 3.05) is 6.54 Å². The highest BCUT2D eigenvalue weighted by Crippen LogP contribution is 2.41. The van der Waals surface area contributed by atoms with E-state index in [9.17, 15) is 14.7 Å². The number of aryl methyl sites for hydroxylation is 2. The Labute approximate surface area is 191 Å². The normalized spacial score (nSPS) is 26.6. The van der Waals surface area contributed by atoms with Gasteiger partial charge < -0.3 is 10.4 Å². The molecule has 6 heteroatoms. The quantitative estimate of drug-likeness (QED) is 0.744. The molecule has 0 unspecified atom stereocenters. The van der Waals surface area contributed by atoms with Crippen LogP contribution in [-0.2, 0) is 11.3 Å². The van der Waals surface area contributed by atoms with Gasteiger partial charge in [-0.1, -0.05) is 50.6 Å². The minimum atomic E-state index is -0.391. The van der Waals surface area contributed by atoms with E-state index in [0.717, 1.165) is 37.8 Å². The summed E-state index contributed by atoms with van der Waals surface area (Å²) >= 11 is 0. The van der Waals surface area contributed by atoms with Crippen molar-refractivity contribution in [1.29, 1.82) is 0 Å². The first-order valence-corrected chi connectivity index (χ1v) is 11.7. The Morgan fingerprint density at radius 1 is 1.25 bits per heavy atom. The molecule has 1 aliphatic rings. The van der Waals surface area contributed by atoms with E-state index in [2.05, 4.69) is 36.3 Å². The molecule has 0 aliphatic heterocycles. The van der Waals surface area contributed by atoms with Gasteiger partial charge in [0.25, 0.3) is 0 Å². The molecule has 0 saturated heterocycles.